The molecule has 0 bridgehead atoms. The summed E-state index contributed by atoms with van der Waals surface area (Å²) >= 11 is 0. The second kappa shape index (κ2) is 11.7. The van der Waals surface area contributed by atoms with Crippen LogP contribution in [0.4, 0.5) is 39.5 Å². The van der Waals surface area contributed by atoms with Crippen molar-refractivity contribution in [2.24, 2.45) is 5.92 Å². The maximum Gasteiger partial charge on any atom is 0.430 e. The number of benzene rings is 3. The third-order valence-electron chi connectivity index (χ3n) is 7.79. The van der Waals surface area contributed by atoms with Crippen molar-refractivity contribution in [1.29, 1.82) is 0 Å². The average molecular weight is 655 g/mol. The summed E-state index contributed by atoms with van der Waals surface area (Å²) in [6, 6.07) is 8.28. The molecule has 2 atom stereocenters. The van der Waals surface area contributed by atoms with Gasteiger partial charge in [0.05, 0.1) is 23.2 Å². The number of aliphatic carboxylic acids is 1. The molecule has 238 valence electrons. The van der Waals surface area contributed by atoms with Crippen LogP contribution in [0.2, 0.25) is 0 Å². The molecule has 0 saturated heterocycles. The minimum atomic E-state index is -6.19. The fourth-order valence-electron chi connectivity index (χ4n) is 5.55. The van der Waals surface area contributed by atoms with E-state index in [1.165, 1.54) is 0 Å². The molecule has 15 heteroatoms. The van der Waals surface area contributed by atoms with E-state index in [-0.39, 0.29) is 29.7 Å². The monoisotopic (exact) mass is 654 g/mol. The lowest BCUT2D eigenvalue weighted by atomic mass is 9.78. The third-order valence-corrected chi connectivity index (χ3v) is 9.72. The van der Waals surface area contributed by atoms with E-state index < -0.39 is 86.0 Å². The molecule has 0 aromatic heterocycles. The van der Waals surface area contributed by atoms with Crippen LogP contribution < -0.4 is 0 Å². The first-order chi connectivity index (χ1) is 20.3. The Morgan fingerprint density at radius 1 is 0.864 bits per heavy atom. The SMILES string of the molecule is O=C(O)[C@@H]1CC[C@](CS(=O)(=O)c2ccc(F)cc2)(c2ccc(C(OCc3c(F)cccc3F)(C(F)(F)F)C(F)(F)F)cc2)C1. The van der Waals surface area contributed by atoms with Gasteiger partial charge in [-0.25, -0.2) is 21.6 Å². The Labute approximate surface area is 245 Å². The van der Waals surface area contributed by atoms with Crippen molar-refractivity contribution >= 4 is 15.8 Å². The van der Waals surface area contributed by atoms with E-state index in [0.717, 1.165) is 42.5 Å². The number of carboxylic acids is 1. The van der Waals surface area contributed by atoms with Gasteiger partial charge in [0, 0.05) is 16.5 Å². The summed E-state index contributed by atoms with van der Waals surface area (Å²) in [5, 5.41) is 9.55. The maximum absolute atomic E-state index is 14.3. The number of hydrogen-bond acceptors (Lipinski definition) is 4. The summed E-state index contributed by atoms with van der Waals surface area (Å²) in [5.41, 5.74) is -9.35. The number of ether oxygens (including phenoxy) is 1. The Bertz CT molecular complexity index is 1580. The number of rotatable bonds is 9. The predicted octanol–water partition coefficient (Wildman–Crippen LogP) is 7.24. The highest BCUT2D eigenvalue weighted by atomic mass is 32.2. The Morgan fingerprint density at radius 2 is 1.41 bits per heavy atom. The van der Waals surface area contributed by atoms with Gasteiger partial charge in [0.25, 0.3) is 5.60 Å². The summed E-state index contributed by atoms with van der Waals surface area (Å²) in [7, 11) is -4.26. The van der Waals surface area contributed by atoms with Crippen LogP contribution in [0.1, 0.15) is 36.0 Å². The number of alkyl halides is 6. The Kier molecular flexibility index (Phi) is 8.88. The highest BCUT2D eigenvalue weighted by molar-refractivity contribution is 7.91. The summed E-state index contributed by atoms with van der Waals surface area (Å²) in [6.45, 7) is -1.75. The van der Waals surface area contributed by atoms with E-state index in [1.54, 1.807) is 0 Å². The van der Waals surface area contributed by atoms with E-state index >= 15 is 0 Å². The minimum absolute atomic E-state index is 0.0393. The molecule has 0 amide bonds. The van der Waals surface area contributed by atoms with Gasteiger partial charge in [-0.3, -0.25) is 4.79 Å². The van der Waals surface area contributed by atoms with Crippen molar-refractivity contribution in [3.8, 4) is 0 Å². The molecule has 1 N–H and O–H groups in total. The zero-order valence-corrected chi connectivity index (χ0v) is 23.2. The first kappa shape index (κ1) is 33.3. The molecule has 44 heavy (non-hydrogen) atoms. The van der Waals surface area contributed by atoms with Crippen molar-refractivity contribution in [2.75, 3.05) is 5.75 Å². The average Bonchev–Trinajstić information content (AvgIpc) is 3.34. The molecule has 0 spiro atoms. The topological polar surface area (TPSA) is 80.7 Å². The second-order valence-corrected chi connectivity index (χ2v) is 12.5. The molecule has 1 saturated carbocycles. The third kappa shape index (κ3) is 6.16. The second-order valence-electron chi connectivity index (χ2n) is 10.5. The van der Waals surface area contributed by atoms with Crippen LogP contribution in [0, 0.1) is 23.4 Å². The summed E-state index contributed by atoms with van der Waals surface area (Å²) in [5.74, 6) is -6.72. The summed E-state index contributed by atoms with van der Waals surface area (Å²) in [4.78, 5) is 11.4. The van der Waals surface area contributed by atoms with Gasteiger partial charge < -0.3 is 9.84 Å². The lowest BCUT2D eigenvalue weighted by molar-refractivity contribution is -0.392. The smallest absolute Gasteiger partial charge is 0.430 e. The van der Waals surface area contributed by atoms with Gasteiger partial charge in [-0.2, -0.15) is 26.3 Å². The van der Waals surface area contributed by atoms with Gasteiger partial charge in [0.1, 0.15) is 17.5 Å². The first-order valence-electron chi connectivity index (χ1n) is 12.9. The van der Waals surface area contributed by atoms with Crippen LogP contribution in [0.3, 0.4) is 0 Å². The van der Waals surface area contributed by atoms with Gasteiger partial charge in [0.2, 0.25) is 0 Å². The van der Waals surface area contributed by atoms with Crippen molar-refractivity contribution in [2.45, 2.75) is 54.1 Å². The molecule has 1 aliphatic rings. The van der Waals surface area contributed by atoms with Crippen molar-refractivity contribution < 1.29 is 62.6 Å². The highest BCUT2D eigenvalue weighted by Gasteiger charge is 2.73. The molecule has 0 radical (unpaired) electrons. The van der Waals surface area contributed by atoms with Crippen LogP contribution in [0.5, 0.6) is 0 Å². The fraction of sp³-hybridized carbons (Fsp3) is 0.345. The standard InChI is InChI=1S/C29H23F9O5S/c30-20-8-10-21(11-9-20)44(41,42)16-26(13-12-17(14-26)25(39)40)18-4-6-19(7-5-18)27(28(33,34)35,29(36,37)38)43-15-22-23(31)2-1-3-24(22)32/h1-11,17H,12-16H2,(H,39,40)/t17-,26+/m1/s1. The highest BCUT2D eigenvalue weighted by Crippen LogP contribution is 2.54. The Morgan fingerprint density at radius 3 is 1.89 bits per heavy atom. The zero-order chi connectivity index (χ0) is 32.7. The molecular weight excluding hydrogens is 631 g/mol. The largest absolute Gasteiger partial charge is 0.481 e. The molecule has 1 fully saturated rings. The van der Waals surface area contributed by atoms with E-state index in [9.17, 15) is 57.8 Å². The van der Waals surface area contributed by atoms with Crippen LogP contribution in [-0.2, 0) is 37.0 Å². The van der Waals surface area contributed by atoms with Crippen LogP contribution >= 0.6 is 0 Å². The number of hydrogen-bond donors (Lipinski definition) is 1. The molecule has 0 heterocycles. The van der Waals surface area contributed by atoms with Crippen LogP contribution in [0.25, 0.3) is 0 Å². The molecule has 5 nitrogen and oxygen atoms in total. The molecule has 3 aromatic rings. The number of halogens is 9. The Hall–Kier alpha value is -3.59. The van der Waals surface area contributed by atoms with Gasteiger partial charge in [0.15, 0.2) is 9.84 Å². The van der Waals surface area contributed by atoms with Crippen LogP contribution in [-0.4, -0.2) is 37.6 Å². The predicted molar refractivity (Wildman–Crippen MR) is 136 cm³/mol. The van der Waals surface area contributed by atoms with Crippen molar-refractivity contribution in [1.82, 2.24) is 0 Å². The van der Waals surface area contributed by atoms with Gasteiger partial charge in [-0.1, -0.05) is 30.3 Å². The quantitative estimate of drug-likeness (QED) is 0.195. The molecule has 0 unspecified atom stereocenters. The van der Waals surface area contributed by atoms with E-state index in [4.69, 9.17) is 0 Å². The minimum Gasteiger partial charge on any atom is -0.481 e. The zero-order valence-electron chi connectivity index (χ0n) is 22.4. The number of carbonyl (C=O) groups is 1. The van der Waals surface area contributed by atoms with E-state index in [1.807, 2.05) is 0 Å². The molecule has 4 rings (SSSR count). The van der Waals surface area contributed by atoms with Crippen LogP contribution in [0.15, 0.2) is 71.6 Å². The van der Waals surface area contributed by atoms with Crippen molar-refractivity contribution in [3.05, 3.63) is 101 Å². The van der Waals surface area contributed by atoms with E-state index in [0.29, 0.717) is 24.3 Å². The molecule has 3 aromatic carbocycles. The lowest BCUT2D eigenvalue weighted by Gasteiger charge is -2.38. The lowest BCUT2D eigenvalue weighted by Crippen LogP contribution is -2.56. The summed E-state index contributed by atoms with van der Waals surface area (Å²) in [6.07, 6.45) is -12.8. The number of sulfone groups is 1. The molecular formula is C29H23F9O5S. The first-order valence-corrected chi connectivity index (χ1v) is 14.5. The fourth-order valence-corrected chi connectivity index (χ4v) is 7.42. The molecule has 0 aliphatic heterocycles. The maximum atomic E-state index is 14.3. The molecule has 1 aliphatic carbocycles. The Balaban J connectivity index is 1.79. The van der Waals surface area contributed by atoms with Gasteiger partial charge >= 0.3 is 18.3 Å². The van der Waals surface area contributed by atoms with Gasteiger partial charge in [-0.05, 0) is 61.2 Å². The summed E-state index contributed by atoms with van der Waals surface area (Å²) < 4.78 is 158. The van der Waals surface area contributed by atoms with Crippen molar-refractivity contribution in [3.63, 3.8) is 0 Å². The van der Waals surface area contributed by atoms with E-state index in [2.05, 4.69) is 4.74 Å². The number of carboxylic acid groups (broad SMARTS) is 1. The normalized spacial score (nSPS) is 19.7. The van der Waals surface area contributed by atoms with Gasteiger partial charge in [-0.15, -0.1) is 0 Å².